The molecule has 1 spiro atoms. The van der Waals surface area contributed by atoms with Gasteiger partial charge in [-0.1, -0.05) is 11.6 Å². The first-order valence-corrected chi connectivity index (χ1v) is 6.73. The molecule has 0 aromatic heterocycles. The maximum atomic E-state index is 5.93. The van der Waals surface area contributed by atoms with E-state index in [0.717, 1.165) is 51.4 Å². The number of rotatable bonds is 3. The molecule has 2 aliphatic heterocycles. The minimum Gasteiger partial charge on any atom is -0.378 e. The summed E-state index contributed by atoms with van der Waals surface area (Å²) in [4.78, 5) is 0. The van der Waals surface area contributed by atoms with Gasteiger partial charge in [-0.15, -0.1) is 11.6 Å². The van der Waals surface area contributed by atoms with E-state index in [1.165, 1.54) is 5.57 Å². The summed E-state index contributed by atoms with van der Waals surface area (Å²) in [5, 5.41) is 0. The third kappa shape index (κ3) is 2.79. The van der Waals surface area contributed by atoms with Gasteiger partial charge in [0.15, 0.2) is 0 Å². The normalized spacial score (nSPS) is 35.9. The highest BCUT2D eigenvalue weighted by atomic mass is 35.5. The van der Waals surface area contributed by atoms with Gasteiger partial charge in [-0.3, -0.25) is 0 Å². The highest BCUT2D eigenvalue weighted by molar-refractivity contribution is 6.17. The van der Waals surface area contributed by atoms with Gasteiger partial charge in [0.1, 0.15) is 0 Å². The van der Waals surface area contributed by atoms with Crippen molar-refractivity contribution in [1.29, 1.82) is 0 Å². The van der Waals surface area contributed by atoms with Crippen LogP contribution in [-0.2, 0) is 9.47 Å². The molecule has 0 aromatic carbocycles. The Kier molecular flexibility index (Phi) is 4.28. The summed E-state index contributed by atoms with van der Waals surface area (Å²) in [7, 11) is 0. The van der Waals surface area contributed by atoms with E-state index in [1.54, 1.807) is 0 Å². The summed E-state index contributed by atoms with van der Waals surface area (Å²) in [6.45, 7) is 4.75. The number of halogens is 1. The van der Waals surface area contributed by atoms with Crippen molar-refractivity contribution in [2.75, 3.05) is 25.7 Å². The van der Waals surface area contributed by atoms with E-state index in [-0.39, 0.29) is 5.60 Å². The topological polar surface area (TPSA) is 18.5 Å². The number of ether oxygens (including phenoxy) is 2. The van der Waals surface area contributed by atoms with E-state index in [2.05, 4.69) is 13.0 Å². The summed E-state index contributed by atoms with van der Waals surface area (Å²) >= 11 is 5.72. The van der Waals surface area contributed by atoms with Crippen LogP contribution < -0.4 is 0 Å². The zero-order chi connectivity index (χ0) is 11.4. The molecule has 0 radical (unpaired) electrons. The van der Waals surface area contributed by atoms with Crippen LogP contribution >= 0.6 is 11.6 Å². The predicted molar refractivity (Wildman–Crippen MR) is 65.9 cm³/mol. The molecule has 0 aromatic rings. The number of alkyl halides is 1. The van der Waals surface area contributed by atoms with Crippen LogP contribution in [0, 0.1) is 5.92 Å². The second kappa shape index (κ2) is 5.52. The van der Waals surface area contributed by atoms with E-state index >= 15 is 0 Å². The van der Waals surface area contributed by atoms with Crippen LogP contribution in [0.2, 0.25) is 0 Å². The fourth-order valence-corrected chi connectivity index (χ4v) is 2.84. The Morgan fingerprint density at radius 1 is 1.50 bits per heavy atom. The van der Waals surface area contributed by atoms with Crippen LogP contribution in [-0.4, -0.2) is 31.3 Å². The highest BCUT2D eigenvalue weighted by Crippen LogP contribution is 2.38. The molecule has 0 N–H and O–H groups in total. The number of allylic oxidation sites excluding steroid dienone is 2. The molecule has 2 unspecified atom stereocenters. The molecule has 2 heterocycles. The fraction of sp³-hybridized carbons (Fsp3) is 0.846. The second-order valence-electron chi connectivity index (χ2n) is 4.95. The lowest BCUT2D eigenvalue weighted by atomic mass is 9.81. The van der Waals surface area contributed by atoms with Gasteiger partial charge in [0.05, 0.1) is 12.2 Å². The molecule has 2 saturated heterocycles. The second-order valence-corrected chi connectivity index (χ2v) is 5.33. The minimum absolute atomic E-state index is 0.0268. The quantitative estimate of drug-likeness (QED) is 0.561. The SMILES string of the molecule is CC(=CCCCl)C1CCOC2(CCOC2)C1. The van der Waals surface area contributed by atoms with E-state index in [4.69, 9.17) is 21.1 Å². The standard InChI is InChI=1S/C13H21ClO2/c1-11(3-2-6-14)12-4-7-16-13(9-12)5-8-15-10-13/h3,12H,2,4-10H2,1H3. The van der Waals surface area contributed by atoms with Gasteiger partial charge in [0.2, 0.25) is 0 Å². The Morgan fingerprint density at radius 3 is 3.06 bits per heavy atom. The third-order valence-corrected chi connectivity index (χ3v) is 4.00. The van der Waals surface area contributed by atoms with Gasteiger partial charge in [-0.25, -0.2) is 0 Å². The first-order chi connectivity index (χ1) is 7.76. The monoisotopic (exact) mass is 244 g/mol. The molecule has 92 valence electrons. The van der Waals surface area contributed by atoms with Crippen molar-refractivity contribution >= 4 is 11.6 Å². The zero-order valence-corrected chi connectivity index (χ0v) is 10.8. The summed E-state index contributed by atoms with van der Waals surface area (Å²) < 4.78 is 11.4. The molecule has 2 aliphatic rings. The van der Waals surface area contributed by atoms with E-state index in [9.17, 15) is 0 Å². The first-order valence-electron chi connectivity index (χ1n) is 6.20. The Hall–Kier alpha value is -0.0500. The lowest BCUT2D eigenvalue weighted by molar-refractivity contribution is -0.0925. The maximum Gasteiger partial charge on any atom is 0.0942 e. The van der Waals surface area contributed by atoms with Crippen molar-refractivity contribution in [3.63, 3.8) is 0 Å². The van der Waals surface area contributed by atoms with Crippen molar-refractivity contribution in [1.82, 2.24) is 0 Å². The average Bonchev–Trinajstić information content (AvgIpc) is 2.74. The van der Waals surface area contributed by atoms with Gasteiger partial charge < -0.3 is 9.47 Å². The third-order valence-electron chi connectivity index (χ3n) is 3.78. The Morgan fingerprint density at radius 2 is 2.38 bits per heavy atom. The number of hydrogen-bond acceptors (Lipinski definition) is 2. The van der Waals surface area contributed by atoms with E-state index in [0.29, 0.717) is 5.92 Å². The largest absolute Gasteiger partial charge is 0.378 e. The van der Waals surface area contributed by atoms with Crippen molar-refractivity contribution in [3.8, 4) is 0 Å². The Labute approximate surface area is 103 Å². The summed E-state index contributed by atoms with van der Waals surface area (Å²) in [6.07, 6.45) is 6.59. The highest BCUT2D eigenvalue weighted by Gasteiger charge is 2.41. The van der Waals surface area contributed by atoms with Crippen molar-refractivity contribution < 1.29 is 9.47 Å². The fourth-order valence-electron chi connectivity index (χ4n) is 2.73. The minimum atomic E-state index is 0.0268. The van der Waals surface area contributed by atoms with Gasteiger partial charge in [0.25, 0.3) is 0 Å². The number of hydrogen-bond donors (Lipinski definition) is 0. The summed E-state index contributed by atoms with van der Waals surface area (Å²) in [5.41, 5.74) is 1.51. The predicted octanol–water partition coefficient (Wildman–Crippen LogP) is 3.15. The summed E-state index contributed by atoms with van der Waals surface area (Å²) in [6, 6.07) is 0. The zero-order valence-electron chi connectivity index (χ0n) is 10.0. The van der Waals surface area contributed by atoms with E-state index < -0.39 is 0 Å². The lowest BCUT2D eigenvalue weighted by Crippen LogP contribution is -2.40. The average molecular weight is 245 g/mol. The van der Waals surface area contributed by atoms with Crippen molar-refractivity contribution in [2.24, 2.45) is 5.92 Å². The molecule has 3 heteroatoms. The molecular formula is C13H21ClO2. The molecule has 0 amide bonds. The molecule has 2 fully saturated rings. The maximum absolute atomic E-state index is 5.93. The van der Waals surface area contributed by atoms with Crippen molar-refractivity contribution in [3.05, 3.63) is 11.6 Å². The molecule has 16 heavy (non-hydrogen) atoms. The van der Waals surface area contributed by atoms with Crippen molar-refractivity contribution in [2.45, 2.75) is 38.2 Å². The lowest BCUT2D eigenvalue weighted by Gasteiger charge is -2.37. The van der Waals surface area contributed by atoms with Crippen LogP contribution in [0.25, 0.3) is 0 Å². The first kappa shape index (κ1) is 12.4. The van der Waals surface area contributed by atoms with Crippen LogP contribution in [0.15, 0.2) is 11.6 Å². The Bertz CT molecular complexity index is 257. The molecular weight excluding hydrogens is 224 g/mol. The summed E-state index contributed by atoms with van der Waals surface area (Å²) in [5.74, 6) is 1.38. The molecule has 0 saturated carbocycles. The molecule has 2 nitrogen and oxygen atoms in total. The smallest absolute Gasteiger partial charge is 0.0942 e. The Balaban J connectivity index is 1.95. The van der Waals surface area contributed by atoms with Crippen LogP contribution in [0.1, 0.15) is 32.6 Å². The van der Waals surface area contributed by atoms with Gasteiger partial charge in [-0.05, 0) is 32.1 Å². The molecule has 0 bridgehead atoms. The molecule has 2 rings (SSSR count). The van der Waals surface area contributed by atoms with Gasteiger partial charge in [0, 0.05) is 25.5 Å². The van der Waals surface area contributed by atoms with Crippen LogP contribution in [0.4, 0.5) is 0 Å². The van der Waals surface area contributed by atoms with Crippen LogP contribution in [0.3, 0.4) is 0 Å². The van der Waals surface area contributed by atoms with Crippen LogP contribution in [0.5, 0.6) is 0 Å². The molecule has 2 atom stereocenters. The van der Waals surface area contributed by atoms with Gasteiger partial charge in [-0.2, -0.15) is 0 Å². The van der Waals surface area contributed by atoms with E-state index in [1.807, 2.05) is 0 Å². The van der Waals surface area contributed by atoms with Gasteiger partial charge >= 0.3 is 0 Å². The molecule has 0 aliphatic carbocycles.